The molecule has 0 unspecified atom stereocenters. The molecule has 1 spiro atoms. The number of nitrogens with zero attached hydrogens (tertiary/aromatic N) is 1. The van der Waals surface area contributed by atoms with Gasteiger partial charge in [-0.3, -0.25) is 9.59 Å². The van der Waals surface area contributed by atoms with Crippen molar-refractivity contribution in [3.63, 3.8) is 0 Å². The molecule has 2 N–H and O–H groups in total. The second-order valence-corrected chi connectivity index (χ2v) is 9.36. The van der Waals surface area contributed by atoms with Gasteiger partial charge in [0.25, 0.3) is 5.91 Å². The molecular formula is C23H30N2O5. The van der Waals surface area contributed by atoms with Crippen LogP contribution in [-0.4, -0.2) is 54.4 Å². The molecule has 1 aromatic rings. The minimum atomic E-state index is -0.730. The number of aliphatic hydroxyl groups excluding tert-OH is 1. The van der Waals surface area contributed by atoms with Crippen LogP contribution in [0.1, 0.15) is 48.9 Å². The van der Waals surface area contributed by atoms with Crippen molar-refractivity contribution in [2.24, 2.45) is 23.7 Å². The summed E-state index contributed by atoms with van der Waals surface area (Å²) < 4.78 is 11.8. The first-order valence-electron chi connectivity index (χ1n) is 11.1. The molecule has 162 valence electrons. The second-order valence-electron chi connectivity index (χ2n) is 9.36. The lowest BCUT2D eigenvalue weighted by Gasteiger charge is -2.55. The molecule has 0 aromatic heterocycles. The second kappa shape index (κ2) is 7.45. The maximum atomic E-state index is 13.3. The lowest BCUT2D eigenvalue weighted by atomic mass is 9.59. The highest BCUT2D eigenvalue weighted by molar-refractivity contribution is 5.98. The number of hydrogen-bond acceptors (Lipinski definition) is 5. The van der Waals surface area contributed by atoms with Crippen molar-refractivity contribution in [3.05, 3.63) is 23.8 Å². The molecule has 3 saturated carbocycles. The van der Waals surface area contributed by atoms with Gasteiger partial charge in [0.05, 0.1) is 12.7 Å². The molecule has 7 nitrogen and oxygen atoms in total. The molecule has 3 aliphatic carbocycles. The molecule has 4 fully saturated rings. The van der Waals surface area contributed by atoms with Gasteiger partial charge in [-0.25, -0.2) is 0 Å². The number of aliphatic hydroxyl groups is 1. The van der Waals surface area contributed by atoms with Crippen molar-refractivity contribution in [3.8, 4) is 11.5 Å². The Balaban J connectivity index is 1.35. The summed E-state index contributed by atoms with van der Waals surface area (Å²) in [6, 6.07) is 5.28. The Kier molecular flexibility index (Phi) is 4.88. The van der Waals surface area contributed by atoms with Gasteiger partial charge in [0.2, 0.25) is 5.91 Å². The number of carbonyl (C=O) groups excluding carboxylic acids is 2. The first-order valence-corrected chi connectivity index (χ1v) is 11.1. The smallest absolute Gasteiger partial charge is 0.258 e. The Bertz CT molecular complexity index is 858. The van der Waals surface area contributed by atoms with Gasteiger partial charge in [-0.15, -0.1) is 0 Å². The van der Waals surface area contributed by atoms with Crippen LogP contribution in [0.4, 0.5) is 0 Å². The highest BCUT2D eigenvalue weighted by Gasteiger charge is 2.57. The van der Waals surface area contributed by atoms with Gasteiger partial charge in [0.1, 0.15) is 11.5 Å². The van der Waals surface area contributed by atoms with Crippen LogP contribution >= 0.6 is 0 Å². The first-order chi connectivity index (χ1) is 14.5. The zero-order valence-electron chi connectivity index (χ0n) is 17.4. The van der Waals surface area contributed by atoms with Crippen molar-refractivity contribution in [2.75, 3.05) is 26.8 Å². The number of amides is 2. The zero-order chi connectivity index (χ0) is 20.9. The molecule has 0 radical (unpaired) electrons. The quantitative estimate of drug-likeness (QED) is 0.792. The molecular weight excluding hydrogens is 384 g/mol. The maximum Gasteiger partial charge on any atom is 0.258 e. The van der Waals surface area contributed by atoms with E-state index in [1.165, 1.54) is 0 Å². The fraction of sp³-hybridized carbons (Fsp3) is 0.652. The first kappa shape index (κ1) is 19.7. The lowest BCUT2D eigenvalue weighted by Crippen LogP contribution is -2.67. The van der Waals surface area contributed by atoms with Gasteiger partial charge >= 0.3 is 0 Å². The van der Waals surface area contributed by atoms with Gasteiger partial charge in [0.15, 0.2) is 5.72 Å². The minimum Gasteiger partial charge on any atom is -0.497 e. The number of benzene rings is 1. The predicted octanol–water partition coefficient (Wildman–Crippen LogP) is 2.18. The topological polar surface area (TPSA) is 88.1 Å². The Morgan fingerprint density at radius 2 is 2.23 bits per heavy atom. The summed E-state index contributed by atoms with van der Waals surface area (Å²) >= 11 is 0. The van der Waals surface area contributed by atoms with E-state index in [-0.39, 0.29) is 42.1 Å². The molecule has 2 aliphatic heterocycles. The molecule has 5 atom stereocenters. The third kappa shape index (κ3) is 3.14. The van der Waals surface area contributed by atoms with E-state index in [0.717, 1.165) is 38.6 Å². The summed E-state index contributed by atoms with van der Waals surface area (Å²) in [5.41, 5.74) is -0.204. The number of ether oxygens (including phenoxy) is 2. The Hall–Kier alpha value is -2.28. The lowest BCUT2D eigenvalue weighted by molar-refractivity contribution is -0.157. The third-order valence-electron chi connectivity index (χ3n) is 7.67. The van der Waals surface area contributed by atoms with Crippen LogP contribution in [0.15, 0.2) is 18.2 Å². The molecule has 2 heterocycles. The van der Waals surface area contributed by atoms with Crippen molar-refractivity contribution >= 4 is 11.8 Å². The summed E-state index contributed by atoms with van der Waals surface area (Å²) in [5.74, 6) is 1.83. The maximum absolute atomic E-state index is 13.3. The molecule has 7 heteroatoms. The van der Waals surface area contributed by atoms with Crippen molar-refractivity contribution in [1.29, 1.82) is 0 Å². The Morgan fingerprint density at radius 1 is 1.37 bits per heavy atom. The molecule has 1 aromatic carbocycles. The zero-order valence-corrected chi connectivity index (χ0v) is 17.4. The summed E-state index contributed by atoms with van der Waals surface area (Å²) in [7, 11) is 1.60. The van der Waals surface area contributed by atoms with Gasteiger partial charge in [0, 0.05) is 44.0 Å². The molecule has 6 rings (SSSR count). The van der Waals surface area contributed by atoms with Crippen LogP contribution in [-0.2, 0) is 4.79 Å². The van der Waals surface area contributed by atoms with Crippen LogP contribution in [0.5, 0.6) is 11.5 Å². The van der Waals surface area contributed by atoms with E-state index in [4.69, 9.17) is 9.47 Å². The highest BCUT2D eigenvalue weighted by Crippen LogP contribution is 2.53. The van der Waals surface area contributed by atoms with E-state index >= 15 is 0 Å². The van der Waals surface area contributed by atoms with E-state index < -0.39 is 5.72 Å². The van der Waals surface area contributed by atoms with Gasteiger partial charge in [-0.1, -0.05) is 0 Å². The fourth-order valence-electron chi connectivity index (χ4n) is 6.07. The van der Waals surface area contributed by atoms with Gasteiger partial charge in [-0.2, -0.15) is 0 Å². The third-order valence-corrected chi connectivity index (χ3v) is 7.67. The Morgan fingerprint density at radius 3 is 2.97 bits per heavy atom. The van der Waals surface area contributed by atoms with Crippen LogP contribution in [0, 0.1) is 23.7 Å². The monoisotopic (exact) mass is 414 g/mol. The average molecular weight is 415 g/mol. The van der Waals surface area contributed by atoms with Gasteiger partial charge in [-0.05, 0) is 56.1 Å². The van der Waals surface area contributed by atoms with Gasteiger partial charge < -0.3 is 24.8 Å². The number of piperidine rings is 1. The standard InChI is InChI=1S/C23H30N2O5/c1-29-17-6-7-18-20(10-17)30-23(24-21(18)27)11-15-4-5-16(23)9-19(15)22(28)25-8-2-3-14(12-25)13-26/h6-7,10,14-16,19,26H,2-5,8-9,11-13H2,1H3,(H,24,27)/t14-,15+,16-,19-,23-/m0/s1. The number of fused-ring (bicyclic) bond motifs is 3. The van der Waals surface area contributed by atoms with E-state index in [1.807, 2.05) is 4.90 Å². The number of nitrogens with one attached hydrogen (secondary N) is 1. The molecule has 1 saturated heterocycles. The summed E-state index contributed by atoms with van der Waals surface area (Å²) in [6.45, 7) is 1.59. The van der Waals surface area contributed by atoms with Crippen molar-refractivity contribution < 1.29 is 24.2 Å². The predicted molar refractivity (Wildman–Crippen MR) is 109 cm³/mol. The summed E-state index contributed by atoms with van der Waals surface area (Å²) in [5, 5.41) is 12.7. The van der Waals surface area contributed by atoms with Crippen molar-refractivity contribution in [1.82, 2.24) is 10.2 Å². The average Bonchev–Trinajstić information content (AvgIpc) is 2.78. The number of methoxy groups -OCH3 is 1. The molecule has 2 bridgehead atoms. The number of likely N-dealkylation sites (tertiary alicyclic amines) is 1. The normalized spacial score (nSPS) is 34.9. The van der Waals surface area contributed by atoms with Crippen LogP contribution < -0.4 is 14.8 Å². The molecule has 2 amide bonds. The number of hydrogen-bond donors (Lipinski definition) is 2. The molecule has 5 aliphatic rings. The summed E-state index contributed by atoms with van der Waals surface area (Å²) in [4.78, 5) is 28.1. The van der Waals surface area contributed by atoms with Crippen LogP contribution in [0.2, 0.25) is 0 Å². The van der Waals surface area contributed by atoms with E-state index in [1.54, 1.807) is 25.3 Å². The SMILES string of the molecule is COc1ccc2c(c1)O[C@]1(C[C@H]3CC[C@H]1C[C@@H]3C(=O)N1CCC[C@H](CO)C1)NC2=O. The highest BCUT2D eigenvalue weighted by atomic mass is 16.5. The van der Waals surface area contributed by atoms with Crippen molar-refractivity contribution in [2.45, 2.75) is 44.2 Å². The van der Waals surface area contributed by atoms with Crippen LogP contribution in [0.3, 0.4) is 0 Å². The molecule has 30 heavy (non-hydrogen) atoms. The number of carbonyl (C=O) groups is 2. The summed E-state index contributed by atoms with van der Waals surface area (Å²) in [6.07, 6.45) is 5.29. The largest absolute Gasteiger partial charge is 0.497 e. The fourth-order valence-corrected chi connectivity index (χ4v) is 6.07. The van der Waals surface area contributed by atoms with E-state index in [0.29, 0.717) is 30.0 Å². The van der Waals surface area contributed by atoms with Crippen LogP contribution in [0.25, 0.3) is 0 Å². The van der Waals surface area contributed by atoms with E-state index in [9.17, 15) is 14.7 Å². The number of rotatable bonds is 3. The Labute approximate surface area is 176 Å². The minimum absolute atomic E-state index is 0.0148. The van der Waals surface area contributed by atoms with E-state index in [2.05, 4.69) is 5.32 Å².